The van der Waals surface area contributed by atoms with Crippen LogP contribution in [0.4, 0.5) is 0 Å². The van der Waals surface area contributed by atoms with Crippen LogP contribution in [0.5, 0.6) is 11.5 Å². The van der Waals surface area contributed by atoms with Gasteiger partial charge in [-0.2, -0.15) is 0 Å². The van der Waals surface area contributed by atoms with Gasteiger partial charge in [0.2, 0.25) is 0 Å². The van der Waals surface area contributed by atoms with Crippen LogP contribution < -0.4 is 19.8 Å². The van der Waals surface area contributed by atoms with Gasteiger partial charge >= 0.3 is 11.9 Å². The summed E-state index contributed by atoms with van der Waals surface area (Å²) in [5.41, 5.74) is 1.01. The van der Waals surface area contributed by atoms with Crippen molar-refractivity contribution >= 4 is 30.4 Å². The molecule has 0 aliphatic rings. The fourth-order valence-corrected chi connectivity index (χ4v) is 5.85. The Bertz CT molecular complexity index is 1130. The van der Waals surface area contributed by atoms with Crippen molar-refractivity contribution in [1.82, 2.24) is 0 Å². The maximum atomic E-state index is 12.4. The minimum absolute atomic E-state index is 0.381. The molecule has 0 saturated heterocycles. The molecule has 0 fully saturated rings. The molecule has 0 N–H and O–H groups in total. The van der Waals surface area contributed by atoms with E-state index in [0.717, 1.165) is 0 Å². The van der Waals surface area contributed by atoms with Gasteiger partial charge in [-0.1, -0.05) is 84.1 Å². The van der Waals surface area contributed by atoms with Crippen molar-refractivity contribution in [3.8, 4) is 11.5 Å². The first kappa shape index (κ1) is 22.2. The zero-order valence-electron chi connectivity index (χ0n) is 18.5. The Morgan fingerprint density at radius 3 is 1.18 bits per heavy atom. The van der Waals surface area contributed by atoms with Crippen LogP contribution in [-0.4, -0.2) is 20.0 Å². The summed E-state index contributed by atoms with van der Waals surface area (Å²) in [6.45, 7) is 4.48. The minimum Gasteiger partial charge on any atom is -0.423 e. The molecule has 0 aromatic heterocycles. The fourth-order valence-electron chi connectivity index (χ4n) is 3.52. The SMILES string of the molecule is C[Si](C)(c1ccc(C(=O)Oc2ccccc2)cc1)c1ccc(C(=O)Oc2ccccc2)cc1. The van der Waals surface area contributed by atoms with Crippen molar-refractivity contribution in [2.24, 2.45) is 0 Å². The lowest BCUT2D eigenvalue weighted by Crippen LogP contribution is -2.52. The largest absolute Gasteiger partial charge is 0.423 e. The van der Waals surface area contributed by atoms with E-state index in [-0.39, 0.29) is 11.9 Å². The smallest absolute Gasteiger partial charge is 0.343 e. The quantitative estimate of drug-likeness (QED) is 0.236. The number of para-hydroxylation sites is 2. The number of rotatable bonds is 6. The molecule has 33 heavy (non-hydrogen) atoms. The highest BCUT2D eigenvalue weighted by Gasteiger charge is 2.26. The van der Waals surface area contributed by atoms with Crippen LogP contribution in [0.1, 0.15) is 20.7 Å². The van der Waals surface area contributed by atoms with Crippen molar-refractivity contribution in [1.29, 1.82) is 0 Å². The first-order valence-corrected chi connectivity index (χ1v) is 13.7. The van der Waals surface area contributed by atoms with Gasteiger partial charge in [0.15, 0.2) is 0 Å². The molecule has 0 heterocycles. The average Bonchev–Trinajstić information content (AvgIpc) is 2.85. The Morgan fingerprint density at radius 2 is 0.848 bits per heavy atom. The van der Waals surface area contributed by atoms with Crippen LogP contribution in [0.25, 0.3) is 0 Å². The number of benzene rings is 4. The molecule has 0 spiro atoms. The van der Waals surface area contributed by atoms with E-state index in [0.29, 0.717) is 22.6 Å². The third kappa shape index (κ3) is 5.27. The zero-order chi connectivity index (χ0) is 23.3. The molecule has 4 nitrogen and oxygen atoms in total. The van der Waals surface area contributed by atoms with Crippen molar-refractivity contribution in [3.05, 3.63) is 120 Å². The molecule has 4 rings (SSSR count). The first-order chi connectivity index (χ1) is 15.9. The Morgan fingerprint density at radius 1 is 0.515 bits per heavy atom. The highest BCUT2D eigenvalue weighted by molar-refractivity contribution is 7.00. The van der Waals surface area contributed by atoms with Crippen LogP contribution in [0.3, 0.4) is 0 Å². The highest BCUT2D eigenvalue weighted by Crippen LogP contribution is 2.14. The van der Waals surface area contributed by atoms with E-state index in [9.17, 15) is 9.59 Å². The van der Waals surface area contributed by atoms with Crippen LogP contribution in [0, 0.1) is 0 Å². The highest BCUT2D eigenvalue weighted by atomic mass is 28.3. The first-order valence-electron chi connectivity index (χ1n) is 10.7. The summed E-state index contributed by atoms with van der Waals surface area (Å²) in [6.07, 6.45) is 0. The lowest BCUT2D eigenvalue weighted by molar-refractivity contribution is 0.0725. The summed E-state index contributed by atoms with van der Waals surface area (Å²) in [7, 11) is -2.02. The van der Waals surface area contributed by atoms with Crippen LogP contribution >= 0.6 is 0 Å². The topological polar surface area (TPSA) is 52.6 Å². The molecular weight excluding hydrogens is 428 g/mol. The lowest BCUT2D eigenvalue weighted by Gasteiger charge is -2.24. The van der Waals surface area contributed by atoms with Gasteiger partial charge in [-0.05, 0) is 48.5 Å². The van der Waals surface area contributed by atoms with Crippen LogP contribution in [0.15, 0.2) is 109 Å². The second-order valence-corrected chi connectivity index (χ2v) is 12.6. The van der Waals surface area contributed by atoms with E-state index in [2.05, 4.69) is 13.1 Å². The molecule has 0 aliphatic heterocycles. The van der Waals surface area contributed by atoms with Gasteiger partial charge in [-0.25, -0.2) is 9.59 Å². The fraction of sp³-hybridized carbons (Fsp3) is 0.0714. The Hall–Kier alpha value is -3.96. The van der Waals surface area contributed by atoms with Crippen molar-refractivity contribution in [2.45, 2.75) is 13.1 Å². The number of esters is 2. The van der Waals surface area contributed by atoms with E-state index < -0.39 is 8.07 Å². The van der Waals surface area contributed by atoms with Gasteiger partial charge in [0.05, 0.1) is 11.1 Å². The van der Waals surface area contributed by atoms with Gasteiger partial charge in [-0.3, -0.25) is 0 Å². The predicted octanol–water partition coefficient (Wildman–Crippen LogP) is 4.95. The number of carbonyl (C=O) groups is 2. The van der Waals surface area contributed by atoms with Crippen molar-refractivity contribution in [2.75, 3.05) is 0 Å². The van der Waals surface area contributed by atoms with Crippen LogP contribution in [-0.2, 0) is 0 Å². The van der Waals surface area contributed by atoms with Gasteiger partial charge < -0.3 is 9.47 Å². The monoisotopic (exact) mass is 452 g/mol. The molecule has 0 bridgehead atoms. The summed E-state index contributed by atoms with van der Waals surface area (Å²) in [4.78, 5) is 24.8. The number of hydrogen-bond acceptors (Lipinski definition) is 4. The standard InChI is InChI=1S/C28H24O4Si/c1-33(2,25-17-13-21(14-18-25)27(29)31-23-9-5-3-6-10-23)26-19-15-22(16-20-26)28(30)32-24-11-7-4-8-12-24/h3-20H,1-2H3. The average molecular weight is 453 g/mol. The summed E-state index contributed by atoms with van der Waals surface area (Å²) in [5.74, 6) is 0.279. The second kappa shape index (κ2) is 9.67. The molecule has 0 amide bonds. The maximum absolute atomic E-state index is 12.4. The molecular formula is C28H24O4Si. The molecule has 164 valence electrons. The number of carbonyl (C=O) groups excluding carboxylic acids is 2. The molecule has 0 unspecified atom stereocenters. The predicted molar refractivity (Wildman–Crippen MR) is 132 cm³/mol. The van der Waals surface area contributed by atoms with E-state index in [4.69, 9.17) is 9.47 Å². The summed E-state index contributed by atoms with van der Waals surface area (Å²) < 4.78 is 10.8. The van der Waals surface area contributed by atoms with Crippen molar-refractivity contribution in [3.63, 3.8) is 0 Å². The molecule has 0 radical (unpaired) electrons. The van der Waals surface area contributed by atoms with Gasteiger partial charge in [0, 0.05) is 0 Å². The Labute approximate surface area is 194 Å². The van der Waals surface area contributed by atoms with Crippen molar-refractivity contribution < 1.29 is 19.1 Å². The number of ether oxygens (including phenoxy) is 2. The molecule has 0 aliphatic carbocycles. The minimum atomic E-state index is -2.02. The van der Waals surface area contributed by atoms with Crippen LogP contribution in [0.2, 0.25) is 13.1 Å². The van der Waals surface area contributed by atoms with Gasteiger partial charge in [0.25, 0.3) is 0 Å². The molecule has 4 aromatic rings. The van der Waals surface area contributed by atoms with E-state index >= 15 is 0 Å². The van der Waals surface area contributed by atoms with Gasteiger partial charge in [-0.15, -0.1) is 0 Å². The molecule has 4 aromatic carbocycles. The summed E-state index contributed by atoms with van der Waals surface area (Å²) in [6, 6.07) is 33.2. The van der Waals surface area contributed by atoms with E-state index in [1.165, 1.54) is 10.4 Å². The summed E-state index contributed by atoms with van der Waals surface area (Å²) in [5, 5.41) is 2.36. The van der Waals surface area contributed by atoms with Gasteiger partial charge in [0.1, 0.15) is 19.6 Å². The molecule has 0 saturated carbocycles. The normalized spacial score (nSPS) is 11.0. The third-order valence-corrected chi connectivity index (χ3v) is 9.15. The lowest BCUT2D eigenvalue weighted by atomic mass is 10.2. The molecule has 5 heteroatoms. The second-order valence-electron chi connectivity index (χ2n) is 8.18. The molecule has 0 atom stereocenters. The Kier molecular flexibility index (Phi) is 6.52. The Balaban J connectivity index is 1.46. The summed E-state index contributed by atoms with van der Waals surface area (Å²) >= 11 is 0. The third-order valence-electron chi connectivity index (χ3n) is 5.59. The number of hydrogen-bond donors (Lipinski definition) is 0. The zero-order valence-corrected chi connectivity index (χ0v) is 19.5. The van der Waals surface area contributed by atoms with E-state index in [1.54, 1.807) is 48.5 Å². The maximum Gasteiger partial charge on any atom is 0.343 e. The van der Waals surface area contributed by atoms with E-state index in [1.807, 2.05) is 60.7 Å².